The van der Waals surface area contributed by atoms with E-state index in [-0.39, 0.29) is 0 Å². The van der Waals surface area contributed by atoms with E-state index >= 15 is 0 Å². The second-order valence-corrected chi connectivity index (χ2v) is 3.87. The van der Waals surface area contributed by atoms with E-state index in [4.69, 9.17) is 0 Å². The largest absolute Gasteiger partial charge is 0.0885 e. The van der Waals surface area contributed by atoms with Crippen LogP contribution in [0.1, 0.15) is 51.4 Å². The molecule has 1 rings (SSSR count). The van der Waals surface area contributed by atoms with Gasteiger partial charge in [-0.15, -0.1) is 0 Å². The average Bonchev–Trinajstić information content (AvgIpc) is 2.22. The first kappa shape index (κ1) is 11.3. The lowest BCUT2D eigenvalue weighted by Crippen LogP contribution is -1.76. The first-order chi connectivity index (χ1) is 7.00. The molecule has 0 amide bonds. The maximum Gasteiger partial charge on any atom is -0.0169 e. The average molecular weight is 190 g/mol. The molecule has 0 aliphatic heterocycles. The molecule has 0 aromatic rings. The summed E-state index contributed by atoms with van der Waals surface area (Å²) in [4.78, 5) is 0. The molecule has 0 atom stereocenters. The highest BCUT2D eigenvalue weighted by Gasteiger charge is 1.86. The smallest absolute Gasteiger partial charge is 0.0169 e. The van der Waals surface area contributed by atoms with E-state index in [1.165, 1.54) is 44.9 Å². The zero-order valence-electron chi connectivity index (χ0n) is 9.12. The normalized spacial score (nSPS) is 20.6. The number of hydrogen-bond acceptors (Lipinski definition) is 0. The van der Waals surface area contributed by atoms with Crippen LogP contribution in [0.15, 0.2) is 36.5 Å². The van der Waals surface area contributed by atoms with Crippen LogP contribution in [-0.2, 0) is 0 Å². The van der Waals surface area contributed by atoms with Crippen molar-refractivity contribution in [3.8, 4) is 0 Å². The summed E-state index contributed by atoms with van der Waals surface area (Å²) in [5.74, 6) is 0. The lowest BCUT2D eigenvalue weighted by atomic mass is 10.1. The van der Waals surface area contributed by atoms with Gasteiger partial charge in [0.2, 0.25) is 0 Å². The highest BCUT2D eigenvalue weighted by Crippen LogP contribution is 2.06. The monoisotopic (exact) mass is 190 g/mol. The summed E-state index contributed by atoms with van der Waals surface area (Å²) >= 11 is 0. The van der Waals surface area contributed by atoms with E-state index < -0.39 is 0 Å². The van der Waals surface area contributed by atoms with E-state index in [0.717, 1.165) is 6.42 Å². The standard InChI is InChI=1S/C14H22/c1-2-4-6-8-10-12-14-13-11-9-7-5-3-1/h1-2,5,7-8,10H,3-4,6,9,11-14H2. The molecule has 0 N–H and O–H groups in total. The third-order valence-electron chi connectivity index (χ3n) is 2.51. The van der Waals surface area contributed by atoms with E-state index in [9.17, 15) is 0 Å². The Bertz CT molecular complexity index is 196. The van der Waals surface area contributed by atoms with Gasteiger partial charge in [0.15, 0.2) is 0 Å². The summed E-state index contributed by atoms with van der Waals surface area (Å²) in [6, 6.07) is 0. The van der Waals surface area contributed by atoms with Crippen LogP contribution in [0.25, 0.3) is 0 Å². The van der Waals surface area contributed by atoms with Gasteiger partial charge in [-0.2, -0.15) is 0 Å². The molecule has 1 aliphatic carbocycles. The summed E-state index contributed by atoms with van der Waals surface area (Å²) in [5, 5.41) is 0. The fraction of sp³-hybridized carbons (Fsp3) is 0.571. The van der Waals surface area contributed by atoms with Crippen LogP contribution < -0.4 is 0 Å². The first-order valence-corrected chi connectivity index (χ1v) is 5.95. The second kappa shape index (κ2) is 8.80. The van der Waals surface area contributed by atoms with Crippen molar-refractivity contribution in [1.29, 1.82) is 0 Å². The summed E-state index contributed by atoms with van der Waals surface area (Å²) in [7, 11) is 0. The van der Waals surface area contributed by atoms with E-state index in [0.29, 0.717) is 0 Å². The van der Waals surface area contributed by atoms with Crippen molar-refractivity contribution in [2.75, 3.05) is 0 Å². The Hall–Kier alpha value is -0.780. The Balaban J connectivity index is 2.25. The lowest BCUT2D eigenvalue weighted by molar-refractivity contribution is 0.694. The van der Waals surface area contributed by atoms with Crippen LogP contribution in [0.5, 0.6) is 0 Å². The van der Waals surface area contributed by atoms with Gasteiger partial charge < -0.3 is 0 Å². The van der Waals surface area contributed by atoms with Crippen LogP contribution in [0.3, 0.4) is 0 Å². The van der Waals surface area contributed by atoms with Gasteiger partial charge in [0.1, 0.15) is 0 Å². The molecule has 0 aromatic carbocycles. The van der Waals surface area contributed by atoms with Crippen molar-refractivity contribution in [3.63, 3.8) is 0 Å². The van der Waals surface area contributed by atoms with Gasteiger partial charge in [-0.3, -0.25) is 0 Å². The molecule has 78 valence electrons. The molecule has 0 unspecified atom stereocenters. The van der Waals surface area contributed by atoms with Crippen molar-refractivity contribution in [1.82, 2.24) is 0 Å². The quantitative estimate of drug-likeness (QED) is 0.482. The van der Waals surface area contributed by atoms with E-state index in [2.05, 4.69) is 36.5 Å². The van der Waals surface area contributed by atoms with Crippen LogP contribution in [-0.4, -0.2) is 0 Å². The van der Waals surface area contributed by atoms with Crippen molar-refractivity contribution >= 4 is 0 Å². The molecular formula is C14H22. The lowest BCUT2D eigenvalue weighted by Gasteiger charge is -1.96. The zero-order chi connectivity index (χ0) is 9.90. The van der Waals surface area contributed by atoms with Crippen molar-refractivity contribution in [3.05, 3.63) is 36.5 Å². The van der Waals surface area contributed by atoms with Crippen LogP contribution in [0.4, 0.5) is 0 Å². The van der Waals surface area contributed by atoms with Gasteiger partial charge in [0.25, 0.3) is 0 Å². The van der Waals surface area contributed by atoms with Gasteiger partial charge in [0.05, 0.1) is 0 Å². The molecule has 0 aromatic heterocycles. The van der Waals surface area contributed by atoms with Gasteiger partial charge in [-0.1, -0.05) is 42.9 Å². The fourth-order valence-corrected chi connectivity index (χ4v) is 1.64. The SMILES string of the molecule is C1=CCCC=CCCCCCC=CC1. The summed E-state index contributed by atoms with van der Waals surface area (Å²) in [6.45, 7) is 0. The van der Waals surface area contributed by atoms with Crippen molar-refractivity contribution < 1.29 is 0 Å². The predicted octanol–water partition coefficient (Wildman–Crippen LogP) is 4.79. The van der Waals surface area contributed by atoms with Gasteiger partial charge in [-0.25, -0.2) is 0 Å². The summed E-state index contributed by atoms with van der Waals surface area (Å²) in [6.07, 6.45) is 24.0. The van der Waals surface area contributed by atoms with E-state index in [1.807, 2.05) is 0 Å². The highest BCUT2D eigenvalue weighted by molar-refractivity contribution is 4.94. The summed E-state index contributed by atoms with van der Waals surface area (Å²) < 4.78 is 0. The molecular weight excluding hydrogens is 168 g/mol. The van der Waals surface area contributed by atoms with Crippen molar-refractivity contribution in [2.45, 2.75) is 51.4 Å². The Morgan fingerprint density at radius 3 is 1.64 bits per heavy atom. The van der Waals surface area contributed by atoms with Crippen LogP contribution in [0, 0.1) is 0 Å². The molecule has 0 bridgehead atoms. The predicted molar refractivity (Wildman–Crippen MR) is 64.4 cm³/mol. The zero-order valence-corrected chi connectivity index (χ0v) is 9.12. The molecule has 0 saturated heterocycles. The molecule has 0 spiro atoms. The molecule has 0 nitrogen and oxygen atoms in total. The Kier molecular flexibility index (Phi) is 7.10. The molecule has 0 radical (unpaired) electrons. The van der Waals surface area contributed by atoms with Crippen LogP contribution in [0.2, 0.25) is 0 Å². The molecule has 0 saturated carbocycles. The number of rotatable bonds is 0. The Morgan fingerprint density at radius 2 is 0.929 bits per heavy atom. The van der Waals surface area contributed by atoms with Gasteiger partial charge >= 0.3 is 0 Å². The minimum absolute atomic E-state index is 1.11. The molecule has 1 aliphatic rings. The number of hydrogen-bond donors (Lipinski definition) is 0. The minimum Gasteiger partial charge on any atom is -0.0885 e. The molecule has 14 heavy (non-hydrogen) atoms. The van der Waals surface area contributed by atoms with Crippen molar-refractivity contribution in [2.24, 2.45) is 0 Å². The third kappa shape index (κ3) is 6.71. The minimum atomic E-state index is 1.11. The Morgan fingerprint density at radius 1 is 0.429 bits per heavy atom. The maximum absolute atomic E-state index is 2.34. The first-order valence-electron chi connectivity index (χ1n) is 5.95. The highest BCUT2D eigenvalue weighted by atomic mass is 13.9. The fourth-order valence-electron chi connectivity index (χ4n) is 1.64. The third-order valence-corrected chi connectivity index (χ3v) is 2.51. The number of allylic oxidation sites excluding steroid dienone is 6. The van der Waals surface area contributed by atoms with Gasteiger partial charge in [0, 0.05) is 0 Å². The second-order valence-electron chi connectivity index (χ2n) is 3.87. The molecule has 0 fully saturated rings. The van der Waals surface area contributed by atoms with Crippen LogP contribution >= 0.6 is 0 Å². The Labute approximate surface area is 88.4 Å². The maximum atomic E-state index is 2.34. The summed E-state index contributed by atoms with van der Waals surface area (Å²) in [5.41, 5.74) is 0. The molecule has 0 heterocycles. The van der Waals surface area contributed by atoms with Gasteiger partial charge in [-0.05, 0) is 44.9 Å². The topological polar surface area (TPSA) is 0 Å². The molecule has 0 heteroatoms. The van der Waals surface area contributed by atoms with E-state index in [1.54, 1.807) is 0 Å².